The summed E-state index contributed by atoms with van der Waals surface area (Å²) < 4.78 is 2.53. The molecule has 1 N–H and O–H groups in total. The molecule has 0 aromatic heterocycles. The molecule has 5 heteroatoms. The average molecular weight is 459 g/mol. The molecule has 0 bridgehead atoms. The van der Waals surface area contributed by atoms with E-state index in [0.29, 0.717) is 6.61 Å². The Kier molecular flexibility index (Phi) is 8.93. The molecule has 0 radical (unpaired) electrons. The summed E-state index contributed by atoms with van der Waals surface area (Å²) in [6.45, 7) is 7.49. The van der Waals surface area contributed by atoms with E-state index in [9.17, 15) is 5.11 Å². The van der Waals surface area contributed by atoms with E-state index >= 15 is 0 Å². The summed E-state index contributed by atoms with van der Waals surface area (Å²) in [5, 5.41) is 11.0. The van der Waals surface area contributed by atoms with E-state index in [4.69, 9.17) is 0 Å². The third kappa shape index (κ3) is 4.43. The minimum Gasteiger partial charge on any atom is -1.00 e. The van der Waals surface area contributed by atoms with Crippen LogP contribution in [0.5, 0.6) is 0 Å². The molecule has 1 aromatic rings. The van der Waals surface area contributed by atoms with Gasteiger partial charge in [0.25, 0.3) is 0 Å². The maximum absolute atomic E-state index is 9.33. The van der Waals surface area contributed by atoms with Crippen LogP contribution in [-0.2, 0) is 23.2 Å². The molecule has 1 unspecified atom stereocenters. The first kappa shape index (κ1) is 22.1. The molecule has 2 aliphatic carbocycles. The van der Waals surface area contributed by atoms with Gasteiger partial charge in [-0.1, -0.05) is 0 Å². The van der Waals surface area contributed by atoms with Crippen LogP contribution in [-0.4, -0.2) is 20.5 Å². The Morgan fingerprint density at radius 3 is 2.58 bits per heavy atom. The molecule has 0 spiro atoms. The quantitative estimate of drug-likeness (QED) is 0.518. The average Bonchev–Trinajstić information content (AvgIpc) is 3.02. The van der Waals surface area contributed by atoms with Crippen molar-refractivity contribution in [3.05, 3.63) is 61.1 Å². The van der Waals surface area contributed by atoms with E-state index in [1.807, 2.05) is 3.28 Å². The minimum absolute atomic E-state index is 0. The molecule has 0 heterocycles. The molecule has 1 aromatic carbocycles. The van der Waals surface area contributed by atoms with Crippen LogP contribution in [0.1, 0.15) is 34.5 Å². The summed E-state index contributed by atoms with van der Waals surface area (Å²) in [7, 11) is -0.814. The van der Waals surface area contributed by atoms with Crippen molar-refractivity contribution in [3.63, 3.8) is 0 Å². The second-order valence-electron chi connectivity index (χ2n) is 6.55. The van der Waals surface area contributed by atoms with Gasteiger partial charge in [0.05, 0.1) is 0 Å². The maximum atomic E-state index is 9.33. The number of fused-ring (bicyclic) bond motifs is 1. The number of halogens is 2. The normalized spacial score (nSPS) is 18.5. The Hall–Kier alpha value is 0.0800. The molecule has 1 atom stereocenters. The monoisotopic (exact) mass is 456 g/mol. The van der Waals surface area contributed by atoms with E-state index in [0.717, 1.165) is 10.0 Å². The van der Waals surface area contributed by atoms with E-state index in [1.54, 1.807) is 16.3 Å². The van der Waals surface area contributed by atoms with Gasteiger partial charge in [-0.3, -0.25) is 0 Å². The van der Waals surface area contributed by atoms with Gasteiger partial charge in [-0.15, -0.1) is 0 Å². The van der Waals surface area contributed by atoms with Gasteiger partial charge in [0.2, 0.25) is 0 Å². The molecule has 3 rings (SSSR count). The summed E-state index contributed by atoms with van der Waals surface area (Å²) in [4.78, 5) is 0. The van der Waals surface area contributed by atoms with Gasteiger partial charge in [0, 0.05) is 0 Å². The zero-order valence-electron chi connectivity index (χ0n) is 14.4. The standard InChI is InChI=1S/C10H9.C9H15OSi.2ClH.Zr/c1-8-6-9-4-2-3-5-10(9)7-8;1-11(2)9-5-3-4-8(9)6-7-10;;;/h2-7H,1H3;4,10-11H,3,6-7H2,1-2H3;2*1H;/q;;;;+2/p-2. The summed E-state index contributed by atoms with van der Waals surface area (Å²) in [5.74, 6) is 0. The SMILES string of the molecule is CC1=Cc2ccccc2[CH]1[Zr+2][C]1=C([SiH](C)C)C(CCO)=CC1.[Cl-].[Cl-]. The number of hydrogen-bond acceptors (Lipinski definition) is 1. The van der Waals surface area contributed by atoms with Crippen molar-refractivity contribution in [2.75, 3.05) is 6.61 Å². The van der Waals surface area contributed by atoms with Crippen molar-refractivity contribution in [2.45, 2.75) is 36.5 Å². The molecular formula is C19H24Cl2OSiZr. The number of rotatable bonds is 5. The van der Waals surface area contributed by atoms with Crippen molar-refractivity contribution < 1.29 is 53.2 Å². The topological polar surface area (TPSA) is 20.2 Å². The summed E-state index contributed by atoms with van der Waals surface area (Å²) in [5.41, 5.74) is 6.06. The maximum Gasteiger partial charge on any atom is -1.00 e. The largest absolute Gasteiger partial charge is 1.00 e. The molecule has 0 saturated carbocycles. The zero-order valence-corrected chi connectivity index (χ0v) is 19.6. The first-order valence-corrected chi connectivity index (χ1v) is 13.7. The van der Waals surface area contributed by atoms with Crippen LogP contribution in [0.4, 0.5) is 0 Å². The van der Waals surface area contributed by atoms with E-state index in [-0.39, 0.29) is 24.8 Å². The third-order valence-electron chi connectivity index (χ3n) is 4.65. The van der Waals surface area contributed by atoms with Gasteiger partial charge in [-0.05, 0) is 0 Å². The Labute approximate surface area is 171 Å². The van der Waals surface area contributed by atoms with Crippen LogP contribution < -0.4 is 24.8 Å². The van der Waals surface area contributed by atoms with Crippen LogP contribution in [0.15, 0.2) is 50.0 Å². The summed E-state index contributed by atoms with van der Waals surface area (Å²) in [6.07, 6.45) is 6.84. The molecule has 2 aliphatic rings. The van der Waals surface area contributed by atoms with E-state index in [2.05, 4.69) is 56.4 Å². The Morgan fingerprint density at radius 2 is 1.92 bits per heavy atom. The Balaban J connectivity index is 0.00000144. The van der Waals surface area contributed by atoms with Gasteiger partial charge in [-0.25, -0.2) is 0 Å². The molecule has 0 fully saturated rings. The fraction of sp³-hybridized carbons (Fsp3) is 0.368. The second kappa shape index (κ2) is 9.69. The van der Waals surface area contributed by atoms with Gasteiger partial charge in [0.1, 0.15) is 0 Å². The first-order chi connectivity index (χ1) is 10.6. The molecular weight excluding hydrogens is 434 g/mol. The Morgan fingerprint density at radius 1 is 1.21 bits per heavy atom. The number of hydrogen-bond donors (Lipinski definition) is 1. The van der Waals surface area contributed by atoms with Crippen molar-refractivity contribution in [1.29, 1.82) is 0 Å². The number of allylic oxidation sites excluding steroid dienone is 4. The van der Waals surface area contributed by atoms with Gasteiger partial charge in [0.15, 0.2) is 0 Å². The van der Waals surface area contributed by atoms with Gasteiger partial charge in [-0.2, -0.15) is 0 Å². The van der Waals surface area contributed by atoms with E-state index < -0.39 is 32.0 Å². The molecule has 24 heavy (non-hydrogen) atoms. The molecule has 0 saturated heterocycles. The molecule has 128 valence electrons. The Bertz CT molecular complexity index is 680. The predicted molar refractivity (Wildman–Crippen MR) is 93.1 cm³/mol. The smallest absolute Gasteiger partial charge is 1.00 e. The van der Waals surface area contributed by atoms with Gasteiger partial charge < -0.3 is 24.8 Å². The molecule has 0 amide bonds. The molecule has 1 nitrogen and oxygen atoms in total. The van der Waals surface area contributed by atoms with Crippen LogP contribution in [0, 0.1) is 0 Å². The minimum atomic E-state index is -0.814. The zero-order chi connectivity index (χ0) is 15.7. The third-order valence-corrected chi connectivity index (χ3v) is 11.8. The first-order valence-electron chi connectivity index (χ1n) is 8.18. The van der Waals surface area contributed by atoms with Crippen molar-refractivity contribution in [1.82, 2.24) is 0 Å². The van der Waals surface area contributed by atoms with Crippen LogP contribution in [0.2, 0.25) is 13.1 Å². The number of aliphatic hydroxyl groups excluding tert-OH is 1. The number of benzene rings is 1. The van der Waals surface area contributed by atoms with Crippen molar-refractivity contribution in [3.8, 4) is 0 Å². The summed E-state index contributed by atoms with van der Waals surface area (Å²) >= 11 is -0.649. The van der Waals surface area contributed by atoms with Crippen molar-refractivity contribution in [2.24, 2.45) is 0 Å². The predicted octanol–water partition coefficient (Wildman–Crippen LogP) is -1.77. The van der Waals surface area contributed by atoms with Crippen molar-refractivity contribution >= 4 is 14.9 Å². The second-order valence-corrected chi connectivity index (χ2v) is 13.0. The van der Waals surface area contributed by atoms with Crippen LogP contribution in [0.3, 0.4) is 0 Å². The fourth-order valence-electron chi connectivity index (χ4n) is 3.70. The summed E-state index contributed by atoms with van der Waals surface area (Å²) in [6, 6.07) is 8.93. The van der Waals surface area contributed by atoms with Crippen LogP contribution >= 0.6 is 0 Å². The van der Waals surface area contributed by atoms with E-state index in [1.165, 1.54) is 17.6 Å². The fourth-order valence-corrected chi connectivity index (χ4v) is 12.1. The number of aliphatic hydroxyl groups is 1. The molecule has 0 aliphatic heterocycles. The van der Waals surface area contributed by atoms with Crippen LogP contribution in [0.25, 0.3) is 6.08 Å². The van der Waals surface area contributed by atoms with Gasteiger partial charge >= 0.3 is 147 Å².